The van der Waals surface area contributed by atoms with Gasteiger partial charge in [-0.15, -0.1) is 0 Å². The lowest BCUT2D eigenvalue weighted by Gasteiger charge is -2.19. The molecule has 0 atom stereocenters. The molecule has 0 radical (unpaired) electrons. The predicted molar refractivity (Wildman–Crippen MR) is 241 cm³/mol. The lowest BCUT2D eigenvalue weighted by molar-refractivity contribution is 1.61. The van der Waals surface area contributed by atoms with Crippen molar-refractivity contribution >= 4 is 53.9 Å². The van der Waals surface area contributed by atoms with Crippen molar-refractivity contribution in [3.8, 4) is 55.6 Å². The van der Waals surface area contributed by atoms with Crippen LogP contribution in [0.4, 0.5) is 0 Å². The van der Waals surface area contributed by atoms with E-state index in [1.54, 1.807) is 0 Å². The zero-order valence-electron chi connectivity index (χ0n) is 30.8. The summed E-state index contributed by atoms with van der Waals surface area (Å²) in [5, 5.41) is 12.5. The Morgan fingerprint density at radius 3 is 1.21 bits per heavy atom. The second kappa shape index (κ2) is 13.2. The molecule has 0 aliphatic heterocycles. The minimum absolute atomic E-state index is 1.21. The molecule has 0 amide bonds. The van der Waals surface area contributed by atoms with Crippen LogP contribution in [0.1, 0.15) is 0 Å². The Hall–Kier alpha value is -7.28. The van der Waals surface area contributed by atoms with Gasteiger partial charge in [0.2, 0.25) is 0 Å². The third-order valence-corrected chi connectivity index (χ3v) is 11.6. The van der Waals surface area contributed by atoms with Crippen LogP contribution in [-0.4, -0.2) is 0 Å². The quantitative estimate of drug-likeness (QED) is 0.156. The summed E-state index contributed by atoms with van der Waals surface area (Å²) in [5.74, 6) is 0. The van der Waals surface area contributed by atoms with E-state index < -0.39 is 0 Å². The van der Waals surface area contributed by atoms with E-state index >= 15 is 0 Å². The molecule has 0 aromatic heterocycles. The molecule has 0 N–H and O–H groups in total. The first-order valence-electron chi connectivity index (χ1n) is 19.4. The first kappa shape index (κ1) is 32.2. The molecule has 0 aliphatic carbocycles. The Labute approximate surface area is 326 Å². The fraction of sp³-hybridized carbons (Fsp3) is 0. The van der Waals surface area contributed by atoms with Gasteiger partial charge in [0.1, 0.15) is 0 Å². The molecule has 0 aliphatic rings. The third kappa shape index (κ3) is 5.38. The zero-order chi connectivity index (χ0) is 37.0. The smallest absolute Gasteiger partial charge is 0.00262 e. The number of hydrogen-bond acceptors (Lipinski definition) is 0. The van der Waals surface area contributed by atoms with Crippen LogP contribution in [0.3, 0.4) is 0 Å². The van der Waals surface area contributed by atoms with Crippen LogP contribution >= 0.6 is 0 Å². The van der Waals surface area contributed by atoms with Gasteiger partial charge in [0.05, 0.1) is 0 Å². The van der Waals surface area contributed by atoms with Crippen molar-refractivity contribution in [3.63, 3.8) is 0 Å². The third-order valence-electron chi connectivity index (χ3n) is 11.6. The summed E-state index contributed by atoms with van der Waals surface area (Å²) in [6.07, 6.45) is 0. The second-order valence-corrected chi connectivity index (χ2v) is 14.8. The maximum Gasteiger partial charge on any atom is -0.00262 e. The van der Waals surface area contributed by atoms with Gasteiger partial charge in [-0.1, -0.05) is 194 Å². The van der Waals surface area contributed by atoms with Crippen LogP contribution in [0, 0.1) is 0 Å². The minimum Gasteiger partial charge on any atom is -0.0616 e. The van der Waals surface area contributed by atoms with Gasteiger partial charge in [-0.3, -0.25) is 0 Å². The van der Waals surface area contributed by atoms with Gasteiger partial charge in [0.25, 0.3) is 0 Å². The highest BCUT2D eigenvalue weighted by Crippen LogP contribution is 2.45. The summed E-state index contributed by atoms with van der Waals surface area (Å²) in [6, 6.07) is 80.4. The number of benzene rings is 11. The van der Waals surface area contributed by atoms with E-state index in [2.05, 4.69) is 218 Å². The van der Waals surface area contributed by atoms with Gasteiger partial charge in [-0.2, -0.15) is 0 Å². The van der Waals surface area contributed by atoms with Crippen molar-refractivity contribution in [2.75, 3.05) is 0 Å². The molecule has 0 nitrogen and oxygen atoms in total. The van der Waals surface area contributed by atoms with Gasteiger partial charge in [0, 0.05) is 0 Å². The molecule has 0 heterocycles. The van der Waals surface area contributed by atoms with Gasteiger partial charge in [-0.25, -0.2) is 0 Å². The summed E-state index contributed by atoms with van der Waals surface area (Å²) in [4.78, 5) is 0. The average Bonchev–Trinajstić information content (AvgIpc) is 3.27. The molecule has 0 bridgehead atoms. The summed E-state index contributed by atoms with van der Waals surface area (Å²) in [5.41, 5.74) is 12.4. The molecule has 56 heavy (non-hydrogen) atoms. The second-order valence-electron chi connectivity index (χ2n) is 14.8. The van der Waals surface area contributed by atoms with E-state index in [-0.39, 0.29) is 0 Å². The molecular weight excluding hydrogens is 673 g/mol. The van der Waals surface area contributed by atoms with E-state index in [9.17, 15) is 0 Å². The Morgan fingerprint density at radius 1 is 0.179 bits per heavy atom. The molecule has 11 aromatic rings. The number of fused-ring (bicyclic) bond motifs is 5. The van der Waals surface area contributed by atoms with E-state index in [1.807, 2.05) is 0 Å². The maximum absolute atomic E-state index is 2.40. The van der Waals surface area contributed by atoms with Crippen molar-refractivity contribution in [2.45, 2.75) is 0 Å². The van der Waals surface area contributed by atoms with Crippen LogP contribution in [0.2, 0.25) is 0 Å². The molecule has 0 unspecified atom stereocenters. The predicted octanol–water partition coefficient (Wildman–Crippen LogP) is 15.8. The summed E-state index contributed by atoms with van der Waals surface area (Å²) in [6.45, 7) is 0. The van der Waals surface area contributed by atoms with Crippen molar-refractivity contribution in [1.29, 1.82) is 0 Å². The van der Waals surface area contributed by atoms with Crippen molar-refractivity contribution in [2.24, 2.45) is 0 Å². The fourth-order valence-electron chi connectivity index (χ4n) is 8.96. The lowest BCUT2D eigenvalue weighted by atomic mass is 9.84. The average molecular weight is 709 g/mol. The molecule has 260 valence electrons. The largest absolute Gasteiger partial charge is 0.0616 e. The molecule has 0 saturated carbocycles. The van der Waals surface area contributed by atoms with Crippen LogP contribution < -0.4 is 0 Å². The van der Waals surface area contributed by atoms with Gasteiger partial charge in [0.15, 0.2) is 0 Å². The van der Waals surface area contributed by atoms with Crippen molar-refractivity contribution < 1.29 is 0 Å². The Kier molecular flexibility index (Phi) is 7.60. The van der Waals surface area contributed by atoms with Crippen LogP contribution in [-0.2, 0) is 0 Å². The van der Waals surface area contributed by atoms with Crippen molar-refractivity contribution in [1.82, 2.24) is 0 Å². The molecule has 11 rings (SSSR count). The van der Waals surface area contributed by atoms with E-state index in [4.69, 9.17) is 0 Å². The summed E-state index contributed by atoms with van der Waals surface area (Å²) < 4.78 is 0. The monoisotopic (exact) mass is 708 g/mol. The highest BCUT2D eigenvalue weighted by molar-refractivity contribution is 6.21. The first-order chi connectivity index (χ1) is 27.8. The minimum atomic E-state index is 1.21. The van der Waals surface area contributed by atoms with Gasteiger partial charge in [-0.05, 0) is 134 Å². The first-order valence-corrected chi connectivity index (χ1v) is 19.4. The molecular formula is C56H36. The van der Waals surface area contributed by atoms with Crippen LogP contribution in [0.25, 0.3) is 109 Å². The topological polar surface area (TPSA) is 0 Å². The zero-order valence-corrected chi connectivity index (χ0v) is 30.8. The molecule has 0 fully saturated rings. The SMILES string of the molecule is c1cc(-c2cc3ccccc3cc2-c2ccc3ccccc3c2)cc(-c2c3ccccc3c(-c3ccc(-c4cccc5ccccc45)cc3)c3ccccc23)c1. The number of hydrogen-bond donors (Lipinski definition) is 0. The number of rotatable bonds is 5. The highest BCUT2D eigenvalue weighted by atomic mass is 14.2. The summed E-state index contributed by atoms with van der Waals surface area (Å²) in [7, 11) is 0. The van der Waals surface area contributed by atoms with Crippen molar-refractivity contribution in [3.05, 3.63) is 218 Å². The Morgan fingerprint density at radius 2 is 0.589 bits per heavy atom. The van der Waals surface area contributed by atoms with Crippen LogP contribution in [0.15, 0.2) is 218 Å². The Balaban J connectivity index is 1.09. The van der Waals surface area contributed by atoms with Crippen LogP contribution in [0.5, 0.6) is 0 Å². The molecule has 0 spiro atoms. The van der Waals surface area contributed by atoms with Gasteiger partial charge >= 0.3 is 0 Å². The van der Waals surface area contributed by atoms with E-state index in [0.29, 0.717) is 0 Å². The lowest BCUT2D eigenvalue weighted by Crippen LogP contribution is -1.92. The highest BCUT2D eigenvalue weighted by Gasteiger charge is 2.18. The maximum atomic E-state index is 2.40. The van der Waals surface area contributed by atoms with Gasteiger partial charge < -0.3 is 0 Å². The van der Waals surface area contributed by atoms with E-state index in [1.165, 1.54) is 109 Å². The molecule has 0 heteroatoms. The fourth-order valence-corrected chi connectivity index (χ4v) is 8.96. The normalized spacial score (nSPS) is 11.6. The molecule has 0 saturated heterocycles. The Bertz CT molecular complexity index is 3230. The van der Waals surface area contributed by atoms with E-state index in [0.717, 1.165) is 0 Å². The summed E-state index contributed by atoms with van der Waals surface area (Å²) >= 11 is 0. The standard InChI is InChI=1S/C56H36/c1-2-15-41-33-45(32-27-37(41)13-1)54-36-43-17-4-3-16-42(43)35-53(54)44-19-11-20-46(34-44)56-51-24-9-7-22-49(51)55(50-23-8-10-25-52(50)56)40-30-28-39(29-31-40)48-26-12-18-38-14-5-6-21-47(38)48/h1-36H. The molecule has 11 aromatic carbocycles.